The lowest BCUT2D eigenvalue weighted by molar-refractivity contribution is 0.411. The molecule has 1 unspecified atom stereocenters. The molecular weight excluding hydrogens is 186 g/mol. The SMILES string of the molecule is CCC(C)NCc1ccc(OC)c(C)c1. The number of benzene rings is 1. The molecule has 2 nitrogen and oxygen atoms in total. The molecule has 0 fully saturated rings. The van der Waals surface area contributed by atoms with Gasteiger partial charge in [0.15, 0.2) is 0 Å². The molecule has 0 aliphatic heterocycles. The van der Waals surface area contributed by atoms with Crippen molar-refractivity contribution in [1.82, 2.24) is 5.32 Å². The molecule has 0 spiro atoms. The van der Waals surface area contributed by atoms with Gasteiger partial charge >= 0.3 is 0 Å². The van der Waals surface area contributed by atoms with E-state index >= 15 is 0 Å². The zero-order chi connectivity index (χ0) is 11.3. The number of nitrogens with one attached hydrogen (secondary N) is 1. The quantitative estimate of drug-likeness (QED) is 0.801. The first-order valence-electron chi connectivity index (χ1n) is 5.54. The number of rotatable bonds is 5. The van der Waals surface area contributed by atoms with Crippen LogP contribution in [-0.4, -0.2) is 13.2 Å². The van der Waals surface area contributed by atoms with Crippen LogP contribution < -0.4 is 10.1 Å². The van der Waals surface area contributed by atoms with Crippen molar-refractivity contribution in [3.05, 3.63) is 29.3 Å². The number of hydrogen-bond acceptors (Lipinski definition) is 2. The van der Waals surface area contributed by atoms with Crippen molar-refractivity contribution in [2.75, 3.05) is 7.11 Å². The Labute approximate surface area is 92.6 Å². The van der Waals surface area contributed by atoms with Crippen molar-refractivity contribution in [3.63, 3.8) is 0 Å². The Hall–Kier alpha value is -1.02. The van der Waals surface area contributed by atoms with E-state index in [0.29, 0.717) is 6.04 Å². The number of aryl methyl sites for hydroxylation is 1. The Morgan fingerprint density at radius 1 is 1.40 bits per heavy atom. The lowest BCUT2D eigenvalue weighted by Crippen LogP contribution is -2.24. The number of hydrogen-bond donors (Lipinski definition) is 1. The van der Waals surface area contributed by atoms with E-state index in [1.54, 1.807) is 7.11 Å². The van der Waals surface area contributed by atoms with E-state index in [1.165, 1.54) is 11.1 Å². The van der Waals surface area contributed by atoms with E-state index in [9.17, 15) is 0 Å². The van der Waals surface area contributed by atoms with Crippen LogP contribution in [0, 0.1) is 6.92 Å². The third kappa shape index (κ3) is 3.56. The highest BCUT2D eigenvalue weighted by Crippen LogP contribution is 2.18. The topological polar surface area (TPSA) is 21.3 Å². The molecule has 2 heteroatoms. The van der Waals surface area contributed by atoms with Crippen LogP contribution in [0.1, 0.15) is 31.4 Å². The van der Waals surface area contributed by atoms with Crippen molar-refractivity contribution < 1.29 is 4.74 Å². The predicted molar refractivity (Wildman–Crippen MR) is 64.3 cm³/mol. The van der Waals surface area contributed by atoms with Crippen LogP contribution in [0.5, 0.6) is 5.75 Å². The molecule has 0 amide bonds. The molecule has 15 heavy (non-hydrogen) atoms. The molecule has 1 aromatic carbocycles. The maximum absolute atomic E-state index is 5.23. The van der Waals surface area contributed by atoms with Gasteiger partial charge in [0.05, 0.1) is 7.11 Å². The van der Waals surface area contributed by atoms with Crippen LogP contribution in [0.3, 0.4) is 0 Å². The minimum absolute atomic E-state index is 0.576. The first-order valence-corrected chi connectivity index (χ1v) is 5.54. The monoisotopic (exact) mass is 207 g/mol. The lowest BCUT2D eigenvalue weighted by atomic mass is 10.1. The summed E-state index contributed by atoms with van der Waals surface area (Å²) in [7, 11) is 1.71. The van der Waals surface area contributed by atoms with E-state index in [1.807, 2.05) is 6.07 Å². The van der Waals surface area contributed by atoms with Gasteiger partial charge in [0, 0.05) is 12.6 Å². The molecule has 0 saturated heterocycles. The van der Waals surface area contributed by atoms with E-state index in [4.69, 9.17) is 4.74 Å². The minimum atomic E-state index is 0.576. The van der Waals surface area contributed by atoms with Gasteiger partial charge in [-0.3, -0.25) is 0 Å². The maximum Gasteiger partial charge on any atom is 0.121 e. The summed E-state index contributed by atoms with van der Waals surface area (Å²) in [5, 5.41) is 3.47. The fourth-order valence-corrected chi connectivity index (χ4v) is 1.49. The average molecular weight is 207 g/mol. The summed E-state index contributed by atoms with van der Waals surface area (Å²) in [6.45, 7) is 7.40. The first-order chi connectivity index (χ1) is 7.17. The summed E-state index contributed by atoms with van der Waals surface area (Å²) in [4.78, 5) is 0. The standard InChI is InChI=1S/C13H21NO/c1-5-11(3)14-9-12-6-7-13(15-4)10(2)8-12/h6-8,11,14H,5,9H2,1-4H3. The molecule has 1 rings (SSSR count). The highest BCUT2D eigenvalue weighted by molar-refractivity contribution is 5.36. The van der Waals surface area contributed by atoms with Gasteiger partial charge in [0.2, 0.25) is 0 Å². The lowest BCUT2D eigenvalue weighted by Gasteiger charge is -2.12. The Bertz CT molecular complexity index is 309. The predicted octanol–water partition coefficient (Wildman–Crippen LogP) is 2.89. The van der Waals surface area contributed by atoms with Gasteiger partial charge in [-0.05, 0) is 37.5 Å². The maximum atomic E-state index is 5.23. The highest BCUT2D eigenvalue weighted by Gasteiger charge is 2.01. The molecule has 0 radical (unpaired) electrons. The summed E-state index contributed by atoms with van der Waals surface area (Å²) in [5.74, 6) is 0.960. The molecule has 1 atom stereocenters. The first kappa shape index (κ1) is 12.1. The third-order valence-electron chi connectivity index (χ3n) is 2.73. The Balaban J connectivity index is 2.59. The molecular formula is C13H21NO. The largest absolute Gasteiger partial charge is 0.496 e. The smallest absolute Gasteiger partial charge is 0.121 e. The van der Waals surface area contributed by atoms with E-state index in [-0.39, 0.29) is 0 Å². The van der Waals surface area contributed by atoms with Crippen molar-refractivity contribution in [2.24, 2.45) is 0 Å². The van der Waals surface area contributed by atoms with E-state index < -0.39 is 0 Å². The second kappa shape index (κ2) is 5.76. The molecule has 84 valence electrons. The van der Waals surface area contributed by atoms with Crippen LogP contribution in [-0.2, 0) is 6.54 Å². The normalized spacial score (nSPS) is 12.5. The van der Waals surface area contributed by atoms with E-state index in [2.05, 4.69) is 38.2 Å². The molecule has 0 heterocycles. The molecule has 0 aliphatic carbocycles. The fourth-order valence-electron chi connectivity index (χ4n) is 1.49. The Morgan fingerprint density at radius 2 is 2.13 bits per heavy atom. The van der Waals surface area contributed by atoms with Crippen LogP contribution in [0.2, 0.25) is 0 Å². The van der Waals surface area contributed by atoms with Gasteiger partial charge in [0.25, 0.3) is 0 Å². The molecule has 1 N–H and O–H groups in total. The van der Waals surface area contributed by atoms with Gasteiger partial charge in [-0.25, -0.2) is 0 Å². The Morgan fingerprint density at radius 3 is 2.67 bits per heavy atom. The van der Waals surface area contributed by atoms with Crippen LogP contribution >= 0.6 is 0 Å². The Kier molecular flexibility index (Phi) is 4.63. The molecule has 0 aliphatic rings. The third-order valence-corrected chi connectivity index (χ3v) is 2.73. The van der Waals surface area contributed by atoms with Crippen LogP contribution in [0.15, 0.2) is 18.2 Å². The van der Waals surface area contributed by atoms with Crippen molar-refractivity contribution in [2.45, 2.75) is 39.8 Å². The van der Waals surface area contributed by atoms with Crippen LogP contribution in [0.25, 0.3) is 0 Å². The number of ether oxygens (including phenoxy) is 1. The second-order valence-electron chi connectivity index (χ2n) is 3.99. The van der Waals surface area contributed by atoms with Gasteiger partial charge in [-0.2, -0.15) is 0 Å². The summed E-state index contributed by atoms with van der Waals surface area (Å²) >= 11 is 0. The zero-order valence-corrected chi connectivity index (χ0v) is 10.1. The summed E-state index contributed by atoms with van der Waals surface area (Å²) < 4.78 is 5.23. The van der Waals surface area contributed by atoms with Crippen molar-refractivity contribution >= 4 is 0 Å². The highest BCUT2D eigenvalue weighted by atomic mass is 16.5. The van der Waals surface area contributed by atoms with Gasteiger partial charge in [-0.1, -0.05) is 19.1 Å². The molecule has 0 saturated carbocycles. The van der Waals surface area contributed by atoms with Gasteiger partial charge in [-0.15, -0.1) is 0 Å². The van der Waals surface area contributed by atoms with Gasteiger partial charge in [0.1, 0.15) is 5.75 Å². The molecule has 0 aromatic heterocycles. The van der Waals surface area contributed by atoms with Gasteiger partial charge < -0.3 is 10.1 Å². The van der Waals surface area contributed by atoms with Crippen molar-refractivity contribution in [3.8, 4) is 5.75 Å². The van der Waals surface area contributed by atoms with E-state index in [0.717, 1.165) is 18.7 Å². The average Bonchev–Trinajstić information content (AvgIpc) is 2.26. The summed E-state index contributed by atoms with van der Waals surface area (Å²) in [6.07, 6.45) is 1.16. The second-order valence-corrected chi connectivity index (χ2v) is 3.99. The van der Waals surface area contributed by atoms with Crippen LogP contribution in [0.4, 0.5) is 0 Å². The molecule has 0 bridgehead atoms. The fraction of sp³-hybridized carbons (Fsp3) is 0.538. The summed E-state index contributed by atoms with van der Waals surface area (Å²) in [5.41, 5.74) is 2.51. The van der Waals surface area contributed by atoms with Crippen molar-refractivity contribution in [1.29, 1.82) is 0 Å². The minimum Gasteiger partial charge on any atom is -0.496 e. The zero-order valence-electron chi connectivity index (χ0n) is 10.1. The summed E-state index contributed by atoms with van der Waals surface area (Å²) in [6, 6.07) is 6.89. The molecule has 1 aromatic rings. The number of methoxy groups -OCH3 is 1.